The van der Waals surface area contributed by atoms with Crippen molar-refractivity contribution < 1.29 is 0 Å². The number of thioether (sulfide) groups is 1. The standard InChI is InChI=1S/C12H24N2S/c1-14-8-3-4-11(5-9-14)13-10-12(15-2)6-7-12/h11,13H,3-10H2,1-2H3. The molecular formula is C12H24N2S. The van der Waals surface area contributed by atoms with Gasteiger partial charge in [-0.1, -0.05) is 0 Å². The van der Waals surface area contributed by atoms with Crippen LogP contribution in [0.5, 0.6) is 0 Å². The Hall–Kier alpha value is 0.270. The van der Waals surface area contributed by atoms with E-state index in [0.29, 0.717) is 4.75 Å². The fraction of sp³-hybridized carbons (Fsp3) is 1.00. The van der Waals surface area contributed by atoms with Gasteiger partial charge in [0.05, 0.1) is 0 Å². The van der Waals surface area contributed by atoms with E-state index in [4.69, 9.17) is 0 Å². The van der Waals surface area contributed by atoms with Gasteiger partial charge in [0.2, 0.25) is 0 Å². The molecule has 15 heavy (non-hydrogen) atoms. The van der Waals surface area contributed by atoms with Gasteiger partial charge in [-0.05, 0) is 58.5 Å². The van der Waals surface area contributed by atoms with Gasteiger partial charge in [0, 0.05) is 17.3 Å². The minimum absolute atomic E-state index is 0.623. The van der Waals surface area contributed by atoms with Crippen LogP contribution in [-0.2, 0) is 0 Å². The summed E-state index contributed by atoms with van der Waals surface area (Å²) < 4.78 is 0.623. The number of nitrogens with zero attached hydrogens (tertiary/aromatic N) is 1. The van der Waals surface area contributed by atoms with Crippen LogP contribution in [0.2, 0.25) is 0 Å². The molecule has 1 saturated heterocycles. The van der Waals surface area contributed by atoms with Crippen LogP contribution in [0.15, 0.2) is 0 Å². The SMILES string of the molecule is CSC1(CNC2CCCN(C)CC2)CC1. The number of hydrogen-bond acceptors (Lipinski definition) is 3. The fourth-order valence-corrected chi connectivity index (χ4v) is 3.10. The molecule has 0 aromatic carbocycles. The lowest BCUT2D eigenvalue weighted by Gasteiger charge is -2.20. The number of rotatable bonds is 4. The highest BCUT2D eigenvalue weighted by molar-refractivity contribution is 8.00. The lowest BCUT2D eigenvalue weighted by atomic mass is 10.1. The topological polar surface area (TPSA) is 15.3 Å². The Bertz CT molecular complexity index is 204. The third-order valence-corrected chi connectivity index (χ3v) is 5.32. The smallest absolute Gasteiger partial charge is 0.0282 e. The average molecular weight is 228 g/mol. The van der Waals surface area contributed by atoms with Crippen molar-refractivity contribution in [3.8, 4) is 0 Å². The maximum absolute atomic E-state index is 3.79. The molecule has 1 N–H and O–H groups in total. The Kier molecular flexibility index (Phi) is 3.97. The normalized spacial score (nSPS) is 31.2. The van der Waals surface area contributed by atoms with Crippen LogP contribution in [0.1, 0.15) is 32.1 Å². The molecule has 1 saturated carbocycles. The van der Waals surface area contributed by atoms with E-state index < -0.39 is 0 Å². The fourth-order valence-electron chi connectivity index (χ4n) is 2.37. The van der Waals surface area contributed by atoms with E-state index in [2.05, 4.69) is 35.3 Å². The molecule has 0 radical (unpaired) electrons. The average Bonchev–Trinajstić information content (AvgIpc) is 3.02. The second-order valence-corrected chi connectivity index (χ2v) is 6.47. The Balaban J connectivity index is 1.70. The lowest BCUT2D eigenvalue weighted by molar-refractivity contribution is 0.343. The summed E-state index contributed by atoms with van der Waals surface area (Å²) in [6, 6.07) is 0.777. The Morgan fingerprint density at radius 1 is 1.33 bits per heavy atom. The summed E-state index contributed by atoms with van der Waals surface area (Å²) in [5.74, 6) is 0. The highest BCUT2D eigenvalue weighted by Gasteiger charge is 2.41. The molecule has 88 valence electrons. The lowest BCUT2D eigenvalue weighted by Crippen LogP contribution is -2.36. The van der Waals surface area contributed by atoms with Gasteiger partial charge >= 0.3 is 0 Å². The summed E-state index contributed by atoms with van der Waals surface area (Å²) in [7, 11) is 2.24. The van der Waals surface area contributed by atoms with Crippen molar-refractivity contribution in [3.05, 3.63) is 0 Å². The van der Waals surface area contributed by atoms with Crippen LogP contribution in [0, 0.1) is 0 Å². The zero-order valence-corrected chi connectivity index (χ0v) is 10.9. The maximum Gasteiger partial charge on any atom is 0.0282 e. The van der Waals surface area contributed by atoms with E-state index in [-0.39, 0.29) is 0 Å². The Morgan fingerprint density at radius 3 is 2.80 bits per heavy atom. The van der Waals surface area contributed by atoms with E-state index in [1.165, 1.54) is 51.7 Å². The van der Waals surface area contributed by atoms with Crippen LogP contribution in [0.4, 0.5) is 0 Å². The second kappa shape index (κ2) is 5.07. The van der Waals surface area contributed by atoms with Crippen molar-refractivity contribution in [1.82, 2.24) is 10.2 Å². The Labute approximate surface area is 98.2 Å². The third-order valence-electron chi connectivity index (χ3n) is 3.91. The molecule has 2 fully saturated rings. The molecule has 2 nitrogen and oxygen atoms in total. The van der Waals surface area contributed by atoms with Crippen LogP contribution in [0.3, 0.4) is 0 Å². The third kappa shape index (κ3) is 3.36. The minimum atomic E-state index is 0.623. The molecule has 0 aromatic heterocycles. The molecule has 1 unspecified atom stereocenters. The van der Waals surface area contributed by atoms with Gasteiger partial charge in [-0.25, -0.2) is 0 Å². The summed E-state index contributed by atoms with van der Waals surface area (Å²) in [5, 5.41) is 3.79. The van der Waals surface area contributed by atoms with Crippen molar-refractivity contribution in [1.29, 1.82) is 0 Å². The van der Waals surface area contributed by atoms with E-state index >= 15 is 0 Å². The molecule has 1 heterocycles. The van der Waals surface area contributed by atoms with Crippen molar-refractivity contribution in [2.24, 2.45) is 0 Å². The van der Waals surface area contributed by atoms with Gasteiger partial charge < -0.3 is 10.2 Å². The Morgan fingerprint density at radius 2 is 2.13 bits per heavy atom. The van der Waals surface area contributed by atoms with Crippen molar-refractivity contribution >= 4 is 11.8 Å². The number of likely N-dealkylation sites (tertiary alicyclic amines) is 1. The molecule has 0 spiro atoms. The molecule has 2 aliphatic rings. The largest absolute Gasteiger partial charge is 0.313 e. The summed E-state index contributed by atoms with van der Waals surface area (Å²) in [6.07, 6.45) is 9.17. The first-order valence-corrected chi connectivity index (χ1v) is 7.44. The summed E-state index contributed by atoms with van der Waals surface area (Å²) >= 11 is 2.06. The van der Waals surface area contributed by atoms with E-state index in [1.807, 2.05) is 0 Å². The predicted molar refractivity (Wildman–Crippen MR) is 68.6 cm³/mol. The first-order chi connectivity index (χ1) is 7.24. The van der Waals surface area contributed by atoms with Crippen LogP contribution in [-0.4, -0.2) is 48.6 Å². The maximum atomic E-state index is 3.79. The quantitative estimate of drug-likeness (QED) is 0.792. The molecule has 0 bridgehead atoms. The van der Waals surface area contributed by atoms with Gasteiger partial charge in [-0.15, -0.1) is 0 Å². The number of hydrogen-bond donors (Lipinski definition) is 1. The molecule has 1 aliphatic carbocycles. The highest BCUT2D eigenvalue weighted by Crippen LogP contribution is 2.46. The summed E-state index contributed by atoms with van der Waals surface area (Å²) in [6.45, 7) is 3.79. The zero-order chi connectivity index (χ0) is 10.7. The van der Waals surface area contributed by atoms with E-state index in [1.54, 1.807) is 0 Å². The van der Waals surface area contributed by atoms with E-state index in [0.717, 1.165) is 6.04 Å². The first kappa shape index (κ1) is 11.7. The molecular weight excluding hydrogens is 204 g/mol. The van der Waals surface area contributed by atoms with Crippen molar-refractivity contribution in [3.63, 3.8) is 0 Å². The van der Waals surface area contributed by atoms with Gasteiger partial charge in [-0.2, -0.15) is 11.8 Å². The van der Waals surface area contributed by atoms with Gasteiger partial charge in [0.25, 0.3) is 0 Å². The number of nitrogens with one attached hydrogen (secondary N) is 1. The van der Waals surface area contributed by atoms with Gasteiger partial charge in [0.1, 0.15) is 0 Å². The molecule has 3 heteroatoms. The van der Waals surface area contributed by atoms with Gasteiger partial charge in [0.15, 0.2) is 0 Å². The highest BCUT2D eigenvalue weighted by atomic mass is 32.2. The van der Waals surface area contributed by atoms with Crippen molar-refractivity contribution in [2.45, 2.75) is 42.9 Å². The molecule has 1 atom stereocenters. The van der Waals surface area contributed by atoms with Crippen LogP contribution < -0.4 is 5.32 Å². The zero-order valence-electron chi connectivity index (χ0n) is 10.1. The monoisotopic (exact) mass is 228 g/mol. The molecule has 0 amide bonds. The predicted octanol–water partition coefficient (Wildman–Crippen LogP) is 1.96. The van der Waals surface area contributed by atoms with Crippen LogP contribution >= 0.6 is 11.8 Å². The first-order valence-electron chi connectivity index (χ1n) is 6.21. The molecule has 0 aromatic rings. The van der Waals surface area contributed by atoms with E-state index in [9.17, 15) is 0 Å². The summed E-state index contributed by atoms with van der Waals surface area (Å²) in [5.41, 5.74) is 0. The van der Waals surface area contributed by atoms with Crippen LogP contribution in [0.25, 0.3) is 0 Å². The minimum Gasteiger partial charge on any atom is -0.313 e. The summed E-state index contributed by atoms with van der Waals surface area (Å²) in [4.78, 5) is 2.46. The van der Waals surface area contributed by atoms with Gasteiger partial charge in [-0.3, -0.25) is 0 Å². The molecule has 1 aliphatic heterocycles. The van der Waals surface area contributed by atoms with Crippen molar-refractivity contribution in [2.75, 3.05) is 32.9 Å². The second-order valence-electron chi connectivity index (χ2n) is 5.20. The molecule has 2 rings (SSSR count).